The van der Waals surface area contributed by atoms with Crippen molar-refractivity contribution in [3.8, 4) is 0 Å². The Morgan fingerprint density at radius 2 is 2.46 bits per heavy atom. The third kappa shape index (κ3) is 1.42. The second-order valence-electron chi connectivity index (χ2n) is 3.55. The number of aryl methyl sites for hydroxylation is 1. The van der Waals surface area contributed by atoms with Gasteiger partial charge in [-0.3, -0.25) is 0 Å². The molecule has 13 heavy (non-hydrogen) atoms. The van der Waals surface area contributed by atoms with Gasteiger partial charge in [-0.05, 0) is 42.1 Å². The van der Waals surface area contributed by atoms with E-state index in [2.05, 4.69) is 25.5 Å². The summed E-state index contributed by atoms with van der Waals surface area (Å²) < 4.78 is 3.29. The van der Waals surface area contributed by atoms with Crippen molar-refractivity contribution in [3.63, 3.8) is 0 Å². The van der Waals surface area contributed by atoms with Crippen LogP contribution in [0.2, 0.25) is 0 Å². The lowest BCUT2D eigenvalue weighted by Crippen LogP contribution is -2.25. The van der Waals surface area contributed by atoms with Crippen LogP contribution in [0.15, 0.2) is 4.60 Å². The minimum atomic E-state index is 0.461. The molecule has 0 bridgehead atoms. The Morgan fingerprint density at radius 3 is 3.15 bits per heavy atom. The molecule has 1 aromatic heterocycles. The number of halogens is 1. The van der Waals surface area contributed by atoms with Crippen molar-refractivity contribution in [2.75, 3.05) is 6.54 Å². The van der Waals surface area contributed by atoms with Gasteiger partial charge in [0.05, 0.1) is 5.69 Å². The van der Waals surface area contributed by atoms with Crippen LogP contribution in [0.4, 0.5) is 0 Å². The van der Waals surface area contributed by atoms with Gasteiger partial charge in [0.2, 0.25) is 0 Å². The number of nitrogens with zero attached hydrogens (tertiary/aromatic N) is 2. The highest BCUT2D eigenvalue weighted by molar-refractivity contribution is 9.10. The maximum atomic E-state index is 5.73. The van der Waals surface area contributed by atoms with Crippen LogP contribution in [0.3, 0.4) is 0 Å². The van der Waals surface area contributed by atoms with Crippen LogP contribution < -0.4 is 5.73 Å². The standard InChI is InChI=1S/C9H14BrN3/c1-6-12-9(10)8-4-2-3-7(5-11)13(6)8/h7H,2-5,11H2,1H3. The lowest BCUT2D eigenvalue weighted by molar-refractivity contribution is 0.402. The number of aromatic nitrogens is 2. The number of hydrogen-bond acceptors (Lipinski definition) is 2. The van der Waals surface area contributed by atoms with Gasteiger partial charge in [0.15, 0.2) is 0 Å². The van der Waals surface area contributed by atoms with Gasteiger partial charge < -0.3 is 10.3 Å². The molecular formula is C9H14BrN3. The first-order valence-electron chi connectivity index (χ1n) is 4.67. The number of nitrogens with two attached hydrogens (primary N) is 1. The quantitative estimate of drug-likeness (QED) is 0.818. The van der Waals surface area contributed by atoms with Crippen LogP contribution in [0.25, 0.3) is 0 Å². The average molecular weight is 244 g/mol. The molecule has 1 aliphatic rings. The summed E-state index contributed by atoms with van der Waals surface area (Å²) in [4.78, 5) is 4.41. The van der Waals surface area contributed by atoms with E-state index in [-0.39, 0.29) is 0 Å². The maximum Gasteiger partial charge on any atom is 0.127 e. The molecule has 3 nitrogen and oxygen atoms in total. The van der Waals surface area contributed by atoms with Crippen LogP contribution in [0.5, 0.6) is 0 Å². The van der Waals surface area contributed by atoms with Crippen molar-refractivity contribution >= 4 is 15.9 Å². The van der Waals surface area contributed by atoms with Gasteiger partial charge in [-0.25, -0.2) is 4.98 Å². The molecule has 0 saturated heterocycles. The van der Waals surface area contributed by atoms with Gasteiger partial charge >= 0.3 is 0 Å². The first-order valence-corrected chi connectivity index (χ1v) is 5.46. The molecule has 1 aromatic rings. The molecule has 2 heterocycles. The summed E-state index contributed by atoms with van der Waals surface area (Å²) in [6.45, 7) is 2.76. The fourth-order valence-corrected chi connectivity index (χ4v) is 2.77. The Balaban J connectivity index is 2.48. The molecule has 0 aromatic carbocycles. The molecule has 0 amide bonds. The molecule has 4 heteroatoms. The number of imidazole rings is 1. The van der Waals surface area contributed by atoms with Crippen molar-refractivity contribution in [3.05, 3.63) is 16.1 Å². The van der Waals surface area contributed by atoms with Crippen LogP contribution in [0, 0.1) is 6.92 Å². The van der Waals surface area contributed by atoms with E-state index in [9.17, 15) is 0 Å². The topological polar surface area (TPSA) is 43.8 Å². The summed E-state index contributed by atoms with van der Waals surface area (Å²) >= 11 is 3.49. The fourth-order valence-electron chi connectivity index (χ4n) is 2.12. The summed E-state index contributed by atoms with van der Waals surface area (Å²) in [7, 11) is 0. The number of hydrogen-bond donors (Lipinski definition) is 1. The summed E-state index contributed by atoms with van der Waals surface area (Å²) in [5.74, 6) is 1.08. The third-order valence-corrected chi connectivity index (χ3v) is 3.36. The van der Waals surface area contributed by atoms with E-state index in [1.54, 1.807) is 0 Å². The fraction of sp³-hybridized carbons (Fsp3) is 0.667. The van der Waals surface area contributed by atoms with E-state index < -0.39 is 0 Å². The van der Waals surface area contributed by atoms with Gasteiger partial charge in [0.1, 0.15) is 10.4 Å². The summed E-state index contributed by atoms with van der Waals surface area (Å²) in [5.41, 5.74) is 7.05. The van der Waals surface area contributed by atoms with Crippen LogP contribution in [0.1, 0.15) is 30.4 Å². The smallest absolute Gasteiger partial charge is 0.127 e. The predicted octanol–water partition coefficient (Wildman–Crippen LogP) is 1.79. The van der Waals surface area contributed by atoms with Crippen LogP contribution in [-0.4, -0.2) is 16.1 Å². The summed E-state index contributed by atoms with van der Waals surface area (Å²) in [6, 6.07) is 0.461. The zero-order valence-corrected chi connectivity index (χ0v) is 9.34. The molecule has 0 spiro atoms. The Hall–Kier alpha value is -0.350. The molecule has 0 fully saturated rings. The Kier molecular flexibility index (Phi) is 2.43. The molecule has 2 rings (SSSR count). The number of rotatable bonds is 1. The van der Waals surface area contributed by atoms with Crippen molar-refractivity contribution in [1.82, 2.24) is 9.55 Å². The minimum Gasteiger partial charge on any atom is -0.328 e. The highest BCUT2D eigenvalue weighted by Crippen LogP contribution is 2.30. The molecule has 72 valence electrons. The highest BCUT2D eigenvalue weighted by Gasteiger charge is 2.23. The highest BCUT2D eigenvalue weighted by atomic mass is 79.9. The molecular weight excluding hydrogens is 230 g/mol. The lowest BCUT2D eigenvalue weighted by atomic mass is 10.0. The first-order chi connectivity index (χ1) is 6.24. The van der Waals surface area contributed by atoms with Crippen molar-refractivity contribution < 1.29 is 0 Å². The second kappa shape index (κ2) is 3.42. The van der Waals surface area contributed by atoms with E-state index >= 15 is 0 Å². The Bertz CT molecular complexity index is 319. The zero-order valence-electron chi connectivity index (χ0n) is 7.76. The lowest BCUT2D eigenvalue weighted by Gasteiger charge is -2.25. The molecule has 0 aliphatic carbocycles. The first kappa shape index (κ1) is 9.21. The Morgan fingerprint density at radius 1 is 1.69 bits per heavy atom. The van der Waals surface area contributed by atoms with Gasteiger partial charge in [-0.2, -0.15) is 0 Å². The molecule has 2 N–H and O–H groups in total. The van der Waals surface area contributed by atoms with Crippen molar-refractivity contribution in [2.24, 2.45) is 5.73 Å². The maximum absolute atomic E-state index is 5.73. The Labute approximate surface area is 86.5 Å². The molecule has 1 aliphatic heterocycles. The monoisotopic (exact) mass is 243 g/mol. The van der Waals surface area contributed by atoms with E-state index in [0.717, 1.165) is 23.4 Å². The van der Waals surface area contributed by atoms with E-state index in [4.69, 9.17) is 5.73 Å². The van der Waals surface area contributed by atoms with Crippen LogP contribution >= 0.6 is 15.9 Å². The third-order valence-electron chi connectivity index (χ3n) is 2.73. The summed E-state index contributed by atoms with van der Waals surface area (Å²) in [5, 5.41) is 0. The molecule has 1 unspecified atom stereocenters. The van der Waals surface area contributed by atoms with E-state index in [1.807, 2.05) is 6.92 Å². The van der Waals surface area contributed by atoms with Crippen LogP contribution in [-0.2, 0) is 6.42 Å². The van der Waals surface area contributed by atoms with E-state index in [1.165, 1.54) is 18.5 Å². The largest absolute Gasteiger partial charge is 0.328 e. The van der Waals surface area contributed by atoms with Crippen molar-refractivity contribution in [2.45, 2.75) is 32.2 Å². The molecule has 1 atom stereocenters. The second-order valence-corrected chi connectivity index (χ2v) is 4.30. The zero-order chi connectivity index (χ0) is 9.42. The van der Waals surface area contributed by atoms with Crippen molar-refractivity contribution in [1.29, 1.82) is 0 Å². The summed E-state index contributed by atoms with van der Waals surface area (Å²) in [6.07, 6.45) is 3.54. The molecule has 0 saturated carbocycles. The van der Waals surface area contributed by atoms with Gasteiger partial charge in [0, 0.05) is 12.6 Å². The van der Waals surface area contributed by atoms with Gasteiger partial charge in [0.25, 0.3) is 0 Å². The van der Waals surface area contributed by atoms with Gasteiger partial charge in [-0.1, -0.05) is 0 Å². The average Bonchev–Trinajstić information content (AvgIpc) is 2.43. The number of fused-ring (bicyclic) bond motifs is 1. The molecule has 0 radical (unpaired) electrons. The normalized spacial score (nSPS) is 21.6. The minimum absolute atomic E-state index is 0.461. The SMILES string of the molecule is Cc1nc(Br)c2n1C(CN)CCC2. The van der Waals surface area contributed by atoms with E-state index in [0.29, 0.717) is 6.04 Å². The van der Waals surface area contributed by atoms with Gasteiger partial charge in [-0.15, -0.1) is 0 Å². The predicted molar refractivity (Wildman–Crippen MR) is 55.7 cm³/mol.